The molecule has 0 aliphatic carbocycles. The van der Waals surface area contributed by atoms with Gasteiger partial charge < -0.3 is 14.6 Å². The van der Waals surface area contributed by atoms with Gasteiger partial charge in [0.1, 0.15) is 6.54 Å². The van der Waals surface area contributed by atoms with Crippen molar-refractivity contribution in [3.05, 3.63) is 89.3 Å². The Kier molecular flexibility index (Phi) is 5.79. The van der Waals surface area contributed by atoms with Crippen LogP contribution in [0.2, 0.25) is 0 Å². The minimum Gasteiger partial charge on any atom is -0.454 e. The Hall–Kier alpha value is -3.67. The third-order valence-corrected chi connectivity index (χ3v) is 3.84. The third kappa shape index (κ3) is 5.15. The first kappa shape index (κ1) is 18.1. The number of aromatic nitrogens is 1. The maximum absolute atomic E-state index is 11.9. The van der Waals surface area contributed by atoms with E-state index >= 15 is 0 Å². The number of ether oxygens (including phenoxy) is 1. The number of hydrogen-bond acceptors (Lipinski definition) is 4. The number of nitrogens with zero attached hydrogens (tertiary/aromatic N) is 1. The van der Waals surface area contributed by atoms with Crippen LogP contribution in [-0.4, -0.2) is 23.1 Å². The molecule has 0 saturated carbocycles. The van der Waals surface area contributed by atoms with E-state index in [0.717, 1.165) is 11.1 Å². The smallest absolute Gasteiger partial charge is 0.326 e. The Labute approximate surface area is 156 Å². The van der Waals surface area contributed by atoms with Crippen molar-refractivity contribution in [3.63, 3.8) is 0 Å². The molecule has 6 nitrogen and oxygen atoms in total. The Balaban J connectivity index is 1.50. The first-order valence-corrected chi connectivity index (χ1v) is 8.38. The van der Waals surface area contributed by atoms with Crippen LogP contribution in [0.4, 0.5) is 5.69 Å². The average molecular weight is 362 g/mol. The van der Waals surface area contributed by atoms with E-state index < -0.39 is 18.5 Å². The highest BCUT2D eigenvalue weighted by molar-refractivity contribution is 5.93. The summed E-state index contributed by atoms with van der Waals surface area (Å²) < 4.78 is 6.13. The summed E-state index contributed by atoms with van der Waals surface area (Å²) in [5.41, 5.74) is 2.42. The lowest BCUT2D eigenvalue weighted by Gasteiger charge is -2.08. The second kappa shape index (κ2) is 8.62. The fraction of sp³-hybridized carbons (Fsp3) is 0.0952. The number of rotatable bonds is 6. The Bertz CT molecular complexity index is 979. The lowest BCUT2D eigenvalue weighted by Crippen LogP contribution is -2.26. The highest BCUT2D eigenvalue weighted by atomic mass is 16.5. The van der Waals surface area contributed by atoms with Crippen LogP contribution in [-0.2, 0) is 20.9 Å². The Morgan fingerprint density at radius 1 is 0.852 bits per heavy atom. The number of hydrogen-bond donors (Lipinski definition) is 1. The maximum Gasteiger partial charge on any atom is 0.326 e. The van der Waals surface area contributed by atoms with E-state index in [-0.39, 0.29) is 12.1 Å². The molecule has 3 aromatic rings. The number of nitrogens with one attached hydrogen (secondary N) is 1. The minimum absolute atomic E-state index is 0.237. The quantitative estimate of drug-likeness (QED) is 0.684. The molecule has 1 amide bonds. The molecule has 1 N–H and O–H groups in total. The Morgan fingerprint density at radius 3 is 2.22 bits per heavy atom. The second-order valence-electron chi connectivity index (χ2n) is 5.82. The molecule has 0 fully saturated rings. The molecule has 0 atom stereocenters. The van der Waals surface area contributed by atoms with Gasteiger partial charge >= 0.3 is 5.97 Å². The van der Waals surface area contributed by atoms with Gasteiger partial charge in [-0.3, -0.25) is 14.4 Å². The number of anilines is 1. The van der Waals surface area contributed by atoms with Gasteiger partial charge in [-0.1, -0.05) is 48.5 Å². The van der Waals surface area contributed by atoms with Gasteiger partial charge in [0, 0.05) is 18.0 Å². The summed E-state index contributed by atoms with van der Waals surface area (Å²) in [5, 5.41) is 2.67. The second-order valence-corrected chi connectivity index (χ2v) is 5.82. The van der Waals surface area contributed by atoms with Crippen molar-refractivity contribution in [2.24, 2.45) is 0 Å². The lowest BCUT2D eigenvalue weighted by atomic mass is 10.1. The molecule has 6 heteroatoms. The molecule has 136 valence electrons. The monoisotopic (exact) mass is 362 g/mol. The van der Waals surface area contributed by atoms with Crippen LogP contribution in [0.1, 0.15) is 0 Å². The number of esters is 1. The molecular formula is C21H18N2O4. The largest absolute Gasteiger partial charge is 0.454 e. The fourth-order valence-electron chi connectivity index (χ4n) is 2.50. The van der Waals surface area contributed by atoms with E-state index in [1.807, 2.05) is 42.5 Å². The van der Waals surface area contributed by atoms with Gasteiger partial charge in [0.2, 0.25) is 0 Å². The van der Waals surface area contributed by atoms with Gasteiger partial charge in [-0.25, -0.2) is 0 Å². The minimum atomic E-state index is -0.655. The molecule has 1 heterocycles. The van der Waals surface area contributed by atoms with Gasteiger partial charge in [-0.15, -0.1) is 0 Å². The predicted octanol–water partition coefficient (Wildman–Crippen LogP) is 2.70. The first-order valence-electron chi connectivity index (χ1n) is 8.38. The topological polar surface area (TPSA) is 77.4 Å². The number of pyridine rings is 1. The SMILES string of the molecule is O=C(COC(=O)Cn1ccccc1=O)Nc1ccc(-c2ccccc2)cc1. The average Bonchev–Trinajstić information content (AvgIpc) is 2.69. The van der Waals surface area contributed by atoms with Gasteiger partial charge in [0.15, 0.2) is 6.61 Å². The van der Waals surface area contributed by atoms with Crippen LogP contribution < -0.4 is 10.9 Å². The van der Waals surface area contributed by atoms with Gasteiger partial charge in [-0.05, 0) is 29.3 Å². The lowest BCUT2D eigenvalue weighted by molar-refractivity contribution is -0.147. The molecule has 0 radical (unpaired) electrons. The van der Waals surface area contributed by atoms with Crippen molar-refractivity contribution < 1.29 is 14.3 Å². The molecule has 0 bridgehead atoms. The summed E-state index contributed by atoms with van der Waals surface area (Å²) in [6.45, 7) is -0.653. The number of carbonyl (C=O) groups is 2. The molecule has 0 unspecified atom stereocenters. The molecule has 0 spiro atoms. The molecule has 3 rings (SSSR count). The normalized spacial score (nSPS) is 10.2. The van der Waals surface area contributed by atoms with Crippen molar-refractivity contribution in [3.8, 4) is 11.1 Å². The first-order chi connectivity index (χ1) is 13.1. The number of amides is 1. The van der Waals surface area contributed by atoms with E-state index in [2.05, 4.69) is 5.32 Å². The van der Waals surface area contributed by atoms with Crippen molar-refractivity contribution in [1.29, 1.82) is 0 Å². The molecule has 1 aromatic heterocycles. The zero-order chi connectivity index (χ0) is 19.1. The van der Waals surface area contributed by atoms with E-state index in [0.29, 0.717) is 5.69 Å². The number of benzene rings is 2. The van der Waals surface area contributed by atoms with Crippen LogP contribution in [0.5, 0.6) is 0 Å². The van der Waals surface area contributed by atoms with E-state index in [9.17, 15) is 14.4 Å². The van der Waals surface area contributed by atoms with Crippen molar-refractivity contribution >= 4 is 17.6 Å². The van der Waals surface area contributed by atoms with Crippen LogP contribution >= 0.6 is 0 Å². The van der Waals surface area contributed by atoms with Gasteiger partial charge in [0.25, 0.3) is 11.5 Å². The van der Waals surface area contributed by atoms with E-state index in [1.165, 1.54) is 16.8 Å². The standard InChI is InChI=1S/C21H18N2O4/c24-19(15-27-21(26)14-23-13-5-4-8-20(23)25)22-18-11-9-17(10-12-18)16-6-2-1-3-7-16/h1-13H,14-15H2,(H,22,24). The van der Waals surface area contributed by atoms with Gasteiger partial charge in [0.05, 0.1) is 0 Å². The Morgan fingerprint density at radius 2 is 1.52 bits per heavy atom. The van der Waals surface area contributed by atoms with Crippen LogP contribution in [0.3, 0.4) is 0 Å². The molecule has 0 saturated heterocycles. The highest BCUT2D eigenvalue weighted by Gasteiger charge is 2.09. The van der Waals surface area contributed by atoms with Gasteiger partial charge in [-0.2, -0.15) is 0 Å². The number of carbonyl (C=O) groups excluding carboxylic acids is 2. The summed E-state index contributed by atoms with van der Waals surface area (Å²) in [6.07, 6.45) is 1.48. The zero-order valence-electron chi connectivity index (χ0n) is 14.5. The van der Waals surface area contributed by atoms with Crippen LogP contribution in [0, 0.1) is 0 Å². The maximum atomic E-state index is 11.9. The molecular weight excluding hydrogens is 344 g/mol. The molecule has 2 aromatic carbocycles. The summed E-state index contributed by atoms with van der Waals surface area (Å²) in [6, 6.07) is 21.8. The summed E-state index contributed by atoms with van der Waals surface area (Å²) in [4.78, 5) is 35.2. The summed E-state index contributed by atoms with van der Waals surface area (Å²) >= 11 is 0. The molecule has 27 heavy (non-hydrogen) atoms. The van der Waals surface area contributed by atoms with Crippen molar-refractivity contribution in [2.45, 2.75) is 6.54 Å². The van der Waals surface area contributed by atoms with E-state index in [1.54, 1.807) is 24.3 Å². The predicted molar refractivity (Wildman–Crippen MR) is 102 cm³/mol. The molecule has 0 aliphatic heterocycles. The van der Waals surface area contributed by atoms with E-state index in [4.69, 9.17) is 4.74 Å². The fourth-order valence-corrected chi connectivity index (χ4v) is 2.50. The summed E-state index contributed by atoms with van der Waals surface area (Å²) in [7, 11) is 0. The van der Waals surface area contributed by atoms with Crippen LogP contribution in [0.15, 0.2) is 83.8 Å². The van der Waals surface area contributed by atoms with Crippen molar-refractivity contribution in [1.82, 2.24) is 4.57 Å². The zero-order valence-corrected chi connectivity index (χ0v) is 14.5. The van der Waals surface area contributed by atoms with Crippen LogP contribution in [0.25, 0.3) is 11.1 Å². The van der Waals surface area contributed by atoms with Crippen molar-refractivity contribution in [2.75, 3.05) is 11.9 Å². The summed E-state index contributed by atoms with van der Waals surface area (Å²) in [5.74, 6) is -1.10. The third-order valence-electron chi connectivity index (χ3n) is 3.84. The molecule has 0 aliphatic rings. The highest BCUT2D eigenvalue weighted by Crippen LogP contribution is 2.20.